The van der Waals surface area contributed by atoms with Gasteiger partial charge in [0.15, 0.2) is 0 Å². The fourth-order valence-corrected chi connectivity index (χ4v) is 4.13. The molecule has 0 bridgehead atoms. The third kappa shape index (κ3) is 3.71. The van der Waals surface area contributed by atoms with E-state index in [0.29, 0.717) is 5.41 Å². The highest BCUT2D eigenvalue weighted by atomic mass is 16.5. The van der Waals surface area contributed by atoms with Gasteiger partial charge < -0.3 is 10.5 Å². The van der Waals surface area contributed by atoms with Gasteiger partial charge in [0.1, 0.15) is 0 Å². The normalized spacial score (nSPS) is 32.7. The van der Waals surface area contributed by atoms with Crippen LogP contribution < -0.4 is 5.73 Å². The molecule has 0 spiro atoms. The van der Waals surface area contributed by atoms with E-state index in [1.807, 2.05) is 0 Å². The Kier molecular flexibility index (Phi) is 4.91. The number of hydrogen-bond donors (Lipinski definition) is 1. The van der Waals surface area contributed by atoms with Crippen LogP contribution in [0.2, 0.25) is 0 Å². The summed E-state index contributed by atoms with van der Waals surface area (Å²) in [7, 11) is 2.30. The van der Waals surface area contributed by atoms with Gasteiger partial charge in [-0.2, -0.15) is 0 Å². The minimum Gasteiger partial charge on any atom is -0.381 e. The molecule has 0 radical (unpaired) electrons. The smallest absolute Gasteiger partial charge is 0.0469 e. The zero-order chi connectivity index (χ0) is 13.9. The van der Waals surface area contributed by atoms with Crippen molar-refractivity contribution in [3.63, 3.8) is 0 Å². The number of rotatable bonds is 4. The Labute approximate surface area is 118 Å². The van der Waals surface area contributed by atoms with Crippen LogP contribution in [0.3, 0.4) is 0 Å². The Morgan fingerprint density at radius 3 is 2.47 bits per heavy atom. The zero-order valence-corrected chi connectivity index (χ0v) is 13.1. The van der Waals surface area contributed by atoms with Gasteiger partial charge in [0, 0.05) is 31.8 Å². The topological polar surface area (TPSA) is 38.5 Å². The molecule has 2 fully saturated rings. The SMILES string of the molecule is CN(CC1CCOCC1)C1(CN)CCCC(C)(C)C1. The maximum atomic E-state index is 6.20. The molecule has 1 heterocycles. The van der Waals surface area contributed by atoms with E-state index in [4.69, 9.17) is 10.5 Å². The van der Waals surface area contributed by atoms with Crippen LogP contribution in [0.15, 0.2) is 0 Å². The van der Waals surface area contributed by atoms with E-state index in [9.17, 15) is 0 Å². The number of nitrogens with zero attached hydrogens (tertiary/aromatic N) is 1. The van der Waals surface area contributed by atoms with Crippen LogP contribution in [-0.2, 0) is 4.74 Å². The highest BCUT2D eigenvalue weighted by molar-refractivity contribution is 4.98. The molecular formula is C16H32N2O. The predicted molar refractivity (Wildman–Crippen MR) is 80.2 cm³/mol. The lowest BCUT2D eigenvalue weighted by Crippen LogP contribution is -2.57. The first kappa shape index (κ1) is 15.3. The van der Waals surface area contributed by atoms with Crippen molar-refractivity contribution >= 4 is 0 Å². The van der Waals surface area contributed by atoms with Gasteiger partial charge in [-0.05, 0) is 50.5 Å². The van der Waals surface area contributed by atoms with Gasteiger partial charge in [-0.3, -0.25) is 4.90 Å². The molecule has 0 amide bonds. The van der Waals surface area contributed by atoms with Crippen LogP contribution in [0.1, 0.15) is 52.4 Å². The van der Waals surface area contributed by atoms with Crippen LogP contribution in [0.25, 0.3) is 0 Å². The average molecular weight is 268 g/mol. The summed E-state index contributed by atoms with van der Waals surface area (Å²) in [6.07, 6.45) is 7.62. The first-order valence-corrected chi connectivity index (χ1v) is 7.97. The van der Waals surface area contributed by atoms with Crippen molar-refractivity contribution < 1.29 is 4.74 Å². The van der Waals surface area contributed by atoms with Crippen molar-refractivity contribution in [1.82, 2.24) is 4.90 Å². The van der Waals surface area contributed by atoms with Crippen LogP contribution in [0.5, 0.6) is 0 Å². The summed E-state index contributed by atoms with van der Waals surface area (Å²) in [5.41, 5.74) is 6.88. The summed E-state index contributed by atoms with van der Waals surface area (Å²) in [5, 5.41) is 0. The van der Waals surface area contributed by atoms with E-state index < -0.39 is 0 Å². The largest absolute Gasteiger partial charge is 0.381 e. The molecule has 1 unspecified atom stereocenters. The van der Waals surface area contributed by atoms with Crippen molar-refractivity contribution in [3.05, 3.63) is 0 Å². The molecule has 1 aliphatic heterocycles. The average Bonchev–Trinajstić information content (AvgIpc) is 2.38. The molecule has 1 atom stereocenters. The Balaban J connectivity index is 1.98. The van der Waals surface area contributed by atoms with Gasteiger partial charge in [0.2, 0.25) is 0 Å². The van der Waals surface area contributed by atoms with Gasteiger partial charge in [0.25, 0.3) is 0 Å². The van der Waals surface area contributed by atoms with Crippen molar-refractivity contribution in [1.29, 1.82) is 0 Å². The molecule has 3 nitrogen and oxygen atoms in total. The molecule has 112 valence electrons. The summed E-state index contributed by atoms with van der Waals surface area (Å²) in [6.45, 7) is 8.68. The molecule has 2 N–H and O–H groups in total. The lowest BCUT2D eigenvalue weighted by molar-refractivity contribution is -0.00236. The zero-order valence-electron chi connectivity index (χ0n) is 13.1. The summed E-state index contributed by atoms with van der Waals surface area (Å²) < 4.78 is 5.47. The van der Waals surface area contributed by atoms with E-state index in [0.717, 1.165) is 25.7 Å². The Bertz CT molecular complexity index is 286. The molecule has 3 heteroatoms. The van der Waals surface area contributed by atoms with Crippen LogP contribution in [0, 0.1) is 11.3 Å². The predicted octanol–water partition coefficient (Wildman–Crippen LogP) is 2.64. The Morgan fingerprint density at radius 2 is 1.89 bits per heavy atom. The minimum atomic E-state index is 0.236. The molecule has 19 heavy (non-hydrogen) atoms. The van der Waals surface area contributed by atoms with Crippen molar-refractivity contribution in [2.75, 3.05) is 33.4 Å². The molecule has 0 aromatic carbocycles. The molecule has 2 aliphatic rings. The molecule has 0 aromatic heterocycles. The lowest BCUT2D eigenvalue weighted by atomic mass is 9.67. The van der Waals surface area contributed by atoms with Crippen LogP contribution in [-0.4, -0.2) is 43.8 Å². The first-order chi connectivity index (χ1) is 8.97. The fourth-order valence-electron chi connectivity index (χ4n) is 4.13. The van der Waals surface area contributed by atoms with E-state index in [2.05, 4.69) is 25.8 Å². The number of hydrogen-bond acceptors (Lipinski definition) is 3. The van der Waals surface area contributed by atoms with Crippen LogP contribution >= 0.6 is 0 Å². The standard InChI is InChI=1S/C16H32N2O/c1-15(2)7-4-8-16(12-15,13-17)18(3)11-14-5-9-19-10-6-14/h14H,4-13,17H2,1-3H3. The summed E-state index contributed by atoms with van der Waals surface area (Å²) >= 11 is 0. The van der Waals surface area contributed by atoms with Crippen molar-refractivity contribution in [2.45, 2.75) is 57.9 Å². The second-order valence-electron chi connectivity index (χ2n) is 7.56. The van der Waals surface area contributed by atoms with E-state index in [1.54, 1.807) is 0 Å². The summed E-state index contributed by atoms with van der Waals surface area (Å²) in [5.74, 6) is 0.798. The monoisotopic (exact) mass is 268 g/mol. The van der Waals surface area contributed by atoms with E-state index >= 15 is 0 Å². The number of likely N-dealkylation sites (N-methyl/N-ethyl adjacent to an activating group) is 1. The Morgan fingerprint density at radius 1 is 1.21 bits per heavy atom. The van der Waals surface area contributed by atoms with Gasteiger partial charge in [-0.15, -0.1) is 0 Å². The first-order valence-electron chi connectivity index (χ1n) is 7.97. The fraction of sp³-hybridized carbons (Fsp3) is 1.00. The Hall–Kier alpha value is -0.120. The molecule has 0 aromatic rings. The second-order valence-corrected chi connectivity index (χ2v) is 7.56. The highest BCUT2D eigenvalue weighted by Gasteiger charge is 2.42. The highest BCUT2D eigenvalue weighted by Crippen LogP contribution is 2.43. The molecule has 1 aliphatic carbocycles. The van der Waals surface area contributed by atoms with Gasteiger partial charge >= 0.3 is 0 Å². The van der Waals surface area contributed by atoms with Gasteiger partial charge in [-0.25, -0.2) is 0 Å². The number of ether oxygens (including phenoxy) is 1. The summed E-state index contributed by atoms with van der Waals surface area (Å²) in [4.78, 5) is 2.59. The maximum absolute atomic E-state index is 6.20. The molecule has 1 saturated carbocycles. The maximum Gasteiger partial charge on any atom is 0.0469 e. The third-order valence-electron chi connectivity index (χ3n) is 5.37. The van der Waals surface area contributed by atoms with Crippen molar-refractivity contribution in [2.24, 2.45) is 17.1 Å². The lowest BCUT2D eigenvalue weighted by Gasteiger charge is -2.50. The van der Waals surface area contributed by atoms with Crippen LogP contribution in [0.4, 0.5) is 0 Å². The third-order valence-corrected chi connectivity index (χ3v) is 5.37. The molecular weight excluding hydrogens is 236 g/mol. The van der Waals surface area contributed by atoms with Gasteiger partial charge in [0.05, 0.1) is 0 Å². The quantitative estimate of drug-likeness (QED) is 0.852. The van der Waals surface area contributed by atoms with E-state index in [-0.39, 0.29) is 5.54 Å². The summed E-state index contributed by atoms with van der Waals surface area (Å²) in [6, 6.07) is 0. The number of nitrogens with two attached hydrogens (primary N) is 1. The molecule has 1 saturated heterocycles. The van der Waals surface area contributed by atoms with Gasteiger partial charge in [-0.1, -0.05) is 20.3 Å². The van der Waals surface area contributed by atoms with Crippen molar-refractivity contribution in [3.8, 4) is 0 Å². The van der Waals surface area contributed by atoms with E-state index in [1.165, 1.54) is 45.1 Å². The second kappa shape index (κ2) is 6.11. The minimum absolute atomic E-state index is 0.236. The molecule has 2 rings (SSSR count).